The zero-order valence-corrected chi connectivity index (χ0v) is 22.7. The molecule has 0 spiro atoms. The van der Waals surface area contributed by atoms with Crippen LogP contribution in [0.15, 0.2) is 133 Å². The van der Waals surface area contributed by atoms with E-state index in [-0.39, 0.29) is 23.1 Å². The summed E-state index contributed by atoms with van der Waals surface area (Å²) in [4.78, 5) is 0. The summed E-state index contributed by atoms with van der Waals surface area (Å²) < 4.78 is 14.5. The van der Waals surface area contributed by atoms with Crippen LogP contribution in [0.2, 0.25) is 0 Å². The van der Waals surface area contributed by atoms with Gasteiger partial charge in [-0.15, -0.1) is 0 Å². The molecule has 1 heteroatoms. The third-order valence-corrected chi connectivity index (χ3v) is 9.40. The first-order valence-corrected chi connectivity index (χ1v) is 14.1. The lowest BCUT2D eigenvalue weighted by molar-refractivity contribution is 0.385. The number of allylic oxidation sites excluding steroid dienone is 4. The van der Waals surface area contributed by atoms with Crippen molar-refractivity contribution in [3.8, 4) is 22.3 Å². The van der Waals surface area contributed by atoms with E-state index in [4.69, 9.17) is 0 Å². The predicted molar refractivity (Wildman–Crippen MR) is 167 cm³/mol. The van der Waals surface area contributed by atoms with Crippen molar-refractivity contribution >= 4 is 32.3 Å². The maximum Gasteiger partial charge on any atom is 0.119 e. The number of fused-ring (bicyclic) bond motifs is 7. The van der Waals surface area contributed by atoms with Crippen LogP contribution in [0.1, 0.15) is 30.9 Å². The van der Waals surface area contributed by atoms with E-state index < -0.39 is 0 Å². The Balaban J connectivity index is 1.53. The molecule has 2 atom stereocenters. The first-order valence-electron chi connectivity index (χ1n) is 14.1. The van der Waals surface area contributed by atoms with Crippen LogP contribution in [0, 0.1) is 5.92 Å². The van der Waals surface area contributed by atoms with Crippen LogP contribution in [0.3, 0.4) is 0 Å². The molecule has 0 amide bonds. The lowest BCUT2D eigenvalue weighted by Gasteiger charge is -2.29. The molecule has 192 valence electrons. The molecular weight excluding hydrogens is 487 g/mol. The Morgan fingerprint density at radius 1 is 0.600 bits per heavy atom. The Hall–Kier alpha value is -4.49. The fourth-order valence-corrected chi connectivity index (χ4v) is 7.59. The number of rotatable bonds is 2. The highest BCUT2D eigenvalue weighted by molar-refractivity contribution is 6.23. The molecule has 0 heterocycles. The summed E-state index contributed by atoms with van der Waals surface area (Å²) in [7, 11) is 0. The van der Waals surface area contributed by atoms with Gasteiger partial charge in [0.1, 0.15) is 5.83 Å². The second-order valence-corrected chi connectivity index (χ2v) is 11.8. The average Bonchev–Trinajstić information content (AvgIpc) is 3.21. The standard InChI is InChI=1S/C39H29F/c1-39(2)34-22-25(40)20-21-32(34)38-27-15-7-6-14-26(27)33(23-35(38)39)37-30-18-10-8-16-28(30)36(24-12-4-3-5-13-24)29-17-9-11-19-31(29)37/h3-23,32,34H,1-2H3. The Bertz CT molecular complexity index is 1980. The van der Waals surface area contributed by atoms with E-state index in [1.165, 1.54) is 65.7 Å². The largest absolute Gasteiger partial charge is 0.207 e. The van der Waals surface area contributed by atoms with Crippen LogP contribution < -0.4 is 0 Å². The average molecular weight is 517 g/mol. The van der Waals surface area contributed by atoms with Gasteiger partial charge < -0.3 is 0 Å². The van der Waals surface area contributed by atoms with Crippen molar-refractivity contribution in [3.63, 3.8) is 0 Å². The van der Waals surface area contributed by atoms with Crippen LogP contribution in [0.4, 0.5) is 4.39 Å². The third-order valence-electron chi connectivity index (χ3n) is 9.40. The normalized spacial score (nSPS) is 19.1. The van der Waals surface area contributed by atoms with Gasteiger partial charge in [-0.3, -0.25) is 0 Å². The van der Waals surface area contributed by atoms with Gasteiger partial charge in [0.2, 0.25) is 0 Å². The first-order chi connectivity index (χ1) is 19.5. The minimum atomic E-state index is -0.198. The molecule has 0 saturated heterocycles. The minimum absolute atomic E-state index is 0.0973. The molecular formula is C39H29F. The Morgan fingerprint density at radius 3 is 1.75 bits per heavy atom. The molecule has 6 aromatic rings. The summed E-state index contributed by atoms with van der Waals surface area (Å²) in [5.74, 6) is 0.151. The summed E-state index contributed by atoms with van der Waals surface area (Å²) >= 11 is 0. The number of benzene rings is 6. The van der Waals surface area contributed by atoms with Gasteiger partial charge >= 0.3 is 0 Å². The molecule has 0 nitrogen and oxygen atoms in total. The predicted octanol–water partition coefficient (Wildman–Crippen LogP) is 10.9. The minimum Gasteiger partial charge on any atom is -0.207 e. The molecule has 6 aromatic carbocycles. The monoisotopic (exact) mass is 516 g/mol. The molecule has 2 unspecified atom stereocenters. The fraction of sp³-hybridized carbons (Fsp3) is 0.128. The Kier molecular flexibility index (Phi) is 4.97. The van der Waals surface area contributed by atoms with Crippen molar-refractivity contribution in [3.05, 3.63) is 144 Å². The zero-order valence-electron chi connectivity index (χ0n) is 22.7. The smallest absolute Gasteiger partial charge is 0.119 e. The van der Waals surface area contributed by atoms with E-state index in [1.807, 2.05) is 6.08 Å². The van der Waals surface area contributed by atoms with Gasteiger partial charge in [0, 0.05) is 5.92 Å². The van der Waals surface area contributed by atoms with Gasteiger partial charge in [-0.25, -0.2) is 4.39 Å². The van der Waals surface area contributed by atoms with Gasteiger partial charge in [0.25, 0.3) is 0 Å². The Morgan fingerprint density at radius 2 is 1.12 bits per heavy atom. The second kappa shape index (κ2) is 8.50. The molecule has 0 aromatic heterocycles. The van der Waals surface area contributed by atoms with Gasteiger partial charge in [0.05, 0.1) is 0 Å². The molecule has 0 fully saturated rings. The number of halogens is 1. The molecule has 2 aliphatic carbocycles. The summed E-state index contributed by atoms with van der Waals surface area (Å²) in [5.41, 5.74) is 7.51. The highest BCUT2D eigenvalue weighted by Crippen LogP contribution is 2.57. The lowest BCUT2D eigenvalue weighted by atomic mass is 9.74. The molecule has 2 aliphatic rings. The van der Waals surface area contributed by atoms with Gasteiger partial charge in [-0.1, -0.05) is 123 Å². The second-order valence-electron chi connectivity index (χ2n) is 11.8. The van der Waals surface area contributed by atoms with E-state index >= 15 is 0 Å². The van der Waals surface area contributed by atoms with E-state index in [2.05, 4.69) is 129 Å². The van der Waals surface area contributed by atoms with Crippen LogP contribution in [-0.2, 0) is 5.41 Å². The Labute approximate surface area is 234 Å². The van der Waals surface area contributed by atoms with Crippen molar-refractivity contribution in [1.29, 1.82) is 0 Å². The van der Waals surface area contributed by atoms with Crippen molar-refractivity contribution in [2.45, 2.75) is 25.2 Å². The van der Waals surface area contributed by atoms with Gasteiger partial charge in [0.15, 0.2) is 0 Å². The van der Waals surface area contributed by atoms with Crippen LogP contribution in [-0.4, -0.2) is 0 Å². The van der Waals surface area contributed by atoms with Crippen molar-refractivity contribution in [2.24, 2.45) is 5.92 Å². The molecule has 40 heavy (non-hydrogen) atoms. The highest BCUT2D eigenvalue weighted by atomic mass is 19.1. The molecule has 0 N–H and O–H groups in total. The number of hydrogen-bond acceptors (Lipinski definition) is 0. The van der Waals surface area contributed by atoms with Gasteiger partial charge in [-0.2, -0.15) is 0 Å². The van der Waals surface area contributed by atoms with Crippen LogP contribution >= 0.6 is 0 Å². The molecule has 0 aliphatic heterocycles. The van der Waals surface area contributed by atoms with E-state index in [0.717, 1.165) is 0 Å². The third kappa shape index (κ3) is 3.18. The summed E-state index contributed by atoms with van der Waals surface area (Å²) in [6, 6.07) is 39.7. The maximum absolute atomic E-state index is 14.5. The summed E-state index contributed by atoms with van der Waals surface area (Å²) in [6.07, 6.45) is 5.58. The SMILES string of the molecule is CC1(C)c2cc(-c3c4ccccc4c(-c4ccccc4)c4ccccc34)c3ccccc3c2C2C=CC(F)=CC21. The topological polar surface area (TPSA) is 0 Å². The highest BCUT2D eigenvalue weighted by Gasteiger charge is 2.46. The number of hydrogen-bond donors (Lipinski definition) is 0. The maximum atomic E-state index is 14.5. The molecule has 0 radical (unpaired) electrons. The quantitative estimate of drug-likeness (QED) is 0.201. The van der Waals surface area contributed by atoms with Crippen LogP contribution in [0.25, 0.3) is 54.6 Å². The van der Waals surface area contributed by atoms with Crippen LogP contribution in [0.5, 0.6) is 0 Å². The van der Waals surface area contributed by atoms with Gasteiger partial charge in [-0.05, 0) is 95.2 Å². The lowest BCUT2D eigenvalue weighted by Crippen LogP contribution is -2.25. The van der Waals surface area contributed by atoms with Crippen molar-refractivity contribution in [1.82, 2.24) is 0 Å². The van der Waals surface area contributed by atoms with Crippen molar-refractivity contribution < 1.29 is 4.39 Å². The zero-order chi connectivity index (χ0) is 27.0. The fourth-order valence-electron chi connectivity index (χ4n) is 7.59. The molecule has 0 bridgehead atoms. The summed E-state index contributed by atoms with van der Waals surface area (Å²) in [5, 5.41) is 7.55. The van der Waals surface area contributed by atoms with Crippen molar-refractivity contribution in [2.75, 3.05) is 0 Å². The summed E-state index contributed by atoms with van der Waals surface area (Å²) in [6.45, 7) is 4.57. The van der Waals surface area contributed by atoms with E-state index in [1.54, 1.807) is 6.08 Å². The first kappa shape index (κ1) is 23.4. The molecule has 8 rings (SSSR count). The van der Waals surface area contributed by atoms with E-state index in [0.29, 0.717) is 0 Å². The van der Waals surface area contributed by atoms with E-state index in [9.17, 15) is 4.39 Å². The molecule has 0 saturated carbocycles.